The third-order valence-electron chi connectivity index (χ3n) is 6.66. The van der Waals surface area contributed by atoms with E-state index < -0.39 is 28.1 Å². The molecule has 0 bridgehead atoms. The zero-order valence-corrected chi connectivity index (χ0v) is 20.6. The van der Waals surface area contributed by atoms with Gasteiger partial charge < -0.3 is 10.2 Å². The van der Waals surface area contributed by atoms with Gasteiger partial charge in [-0.15, -0.1) is 0 Å². The number of aliphatic carboxylic acids is 1. The molecule has 1 fully saturated rings. The fraction of sp³-hybridized carbons (Fsp3) is 0.269. The monoisotopic (exact) mass is 506 g/mol. The van der Waals surface area contributed by atoms with E-state index in [0.717, 1.165) is 28.2 Å². The fourth-order valence-electron chi connectivity index (χ4n) is 5.08. The number of hydrogen-bond donors (Lipinski definition) is 2. The SMILES string of the molecule is Cc1ccc2c(CC(=O)O)nn([C@H]3C(c4ccccc4)N(S(=O)(=O)c4ccc(O)cn4)C[C@H]3C)c2c1. The maximum absolute atomic E-state index is 13.8. The van der Waals surface area contributed by atoms with Crippen LogP contribution in [0.15, 0.2) is 71.9 Å². The molecule has 36 heavy (non-hydrogen) atoms. The molecule has 3 heterocycles. The molecule has 186 valence electrons. The number of pyridine rings is 1. The summed E-state index contributed by atoms with van der Waals surface area (Å²) in [5, 5.41) is 24.4. The van der Waals surface area contributed by atoms with Crippen LogP contribution in [0.25, 0.3) is 10.9 Å². The van der Waals surface area contributed by atoms with Gasteiger partial charge in [0.25, 0.3) is 10.0 Å². The van der Waals surface area contributed by atoms with Crippen LogP contribution in [0, 0.1) is 12.8 Å². The standard InChI is InChI=1S/C26H26N4O5S/c1-16-8-10-20-21(13-24(32)33)28-30(22(20)12-16)25-17(2)15-29(26(25)18-6-4-3-5-7-18)36(34,35)23-11-9-19(31)14-27-23/h3-12,14,17,25-26,31H,13,15H2,1-2H3,(H,32,33)/t17-,25-,26?/m1/s1. The first-order valence-electron chi connectivity index (χ1n) is 11.6. The van der Waals surface area contributed by atoms with Crippen molar-refractivity contribution in [2.75, 3.05) is 6.54 Å². The van der Waals surface area contributed by atoms with E-state index >= 15 is 0 Å². The number of nitrogens with zero attached hydrogens (tertiary/aromatic N) is 4. The van der Waals surface area contributed by atoms with Gasteiger partial charge in [0.2, 0.25) is 0 Å². The van der Waals surface area contributed by atoms with E-state index in [9.17, 15) is 23.4 Å². The van der Waals surface area contributed by atoms with Crippen molar-refractivity contribution >= 4 is 26.9 Å². The number of rotatable bonds is 6. The van der Waals surface area contributed by atoms with Crippen LogP contribution in [-0.4, -0.2) is 50.2 Å². The largest absolute Gasteiger partial charge is 0.506 e. The second kappa shape index (κ2) is 9.03. The maximum Gasteiger partial charge on any atom is 0.309 e. The van der Waals surface area contributed by atoms with E-state index in [1.165, 1.54) is 16.4 Å². The molecule has 2 N–H and O–H groups in total. The Kier molecular flexibility index (Phi) is 6.01. The van der Waals surface area contributed by atoms with Gasteiger partial charge in [0.05, 0.1) is 35.9 Å². The highest BCUT2D eigenvalue weighted by atomic mass is 32.2. The van der Waals surface area contributed by atoms with Crippen LogP contribution in [0.5, 0.6) is 5.75 Å². The Labute approximate surface area is 208 Å². The van der Waals surface area contributed by atoms with Crippen LogP contribution in [0.3, 0.4) is 0 Å². The summed E-state index contributed by atoms with van der Waals surface area (Å²) in [6.45, 7) is 4.14. The molecule has 0 amide bonds. The van der Waals surface area contributed by atoms with E-state index in [4.69, 9.17) is 5.10 Å². The number of carboxylic acid groups (broad SMARTS) is 1. The zero-order chi connectivity index (χ0) is 25.6. The fourth-order valence-corrected chi connectivity index (χ4v) is 6.73. The van der Waals surface area contributed by atoms with Gasteiger partial charge in [0, 0.05) is 11.9 Å². The molecule has 1 unspecified atom stereocenters. The molecule has 1 saturated heterocycles. The Morgan fingerprint density at radius 1 is 1.11 bits per heavy atom. The van der Waals surface area contributed by atoms with Crippen LogP contribution >= 0.6 is 0 Å². The minimum absolute atomic E-state index is 0.120. The number of aryl methyl sites for hydroxylation is 1. The van der Waals surface area contributed by atoms with Gasteiger partial charge in [0.15, 0.2) is 5.03 Å². The van der Waals surface area contributed by atoms with E-state index in [1.807, 2.05) is 67.1 Å². The summed E-state index contributed by atoms with van der Waals surface area (Å²) in [5.74, 6) is -1.25. The van der Waals surface area contributed by atoms with Crippen molar-refractivity contribution in [3.05, 3.63) is 83.7 Å². The number of aromatic nitrogens is 3. The van der Waals surface area contributed by atoms with Gasteiger partial charge in [-0.3, -0.25) is 9.48 Å². The van der Waals surface area contributed by atoms with Crippen LogP contribution < -0.4 is 0 Å². The molecule has 1 aliphatic rings. The van der Waals surface area contributed by atoms with E-state index in [-0.39, 0.29) is 29.7 Å². The first kappa shape index (κ1) is 24.0. The van der Waals surface area contributed by atoms with Crippen molar-refractivity contribution in [2.45, 2.75) is 37.4 Å². The highest BCUT2D eigenvalue weighted by molar-refractivity contribution is 7.89. The lowest BCUT2D eigenvalue weighted by atomic mass is 9.95. The van der Waals surface area contributed by atoms with Crippen molar-refractivity contribution in [2.24, 2.45) is 5.92 Å². The first-order valence-corrected chi connectivity index (χ1v) is 13.0. The van der Waals surface area contributed by atoms with Gasteiger partial charge >= 0.3 is 5.97 Å². The van der Waals surface area contributed by atoms with Crippen molar-refractivity contribution in [1.82, 2.24) is 19.1 Å². The molecule has 2 aromatic heterocycles. The van der Waals surface area contributed by atoms with E-state index in [0.29, 0.717) is 5.69 Å². The molecule has 1 aliphatic heterocycles. The van der Waals surface area contributed by atoms with Gasteiger partial charge in [-0.05, 0) is 42.2 Å². The Bertz CT molecular complexity index is 1530. The second-order valence-electron chi connectivity index (χ2n) is 9.24. The lowest BCUT2D eigenvalue weighted by Gasteiger charge is -2.29. The molecule has 3 atom stereocenters. The molecule has 0 radical (unpaired) electrons. The number of aromatic hydroxyl groups is 1. The lowest BCUT2D eigenvalue weighted by Crippen LogP contribution is -2.33. The van der Waals surface area contributed by atoms with Gasteiger partial charge in [-0.2, -0.15) is 9.40 Å². The molecule has 4 aromatic rings. The van der Waals surface area contributed by atoms with Crippen LogP contribution in [-0.2, 0) is 21.2 Å². The van der Waals surface area contributed by atoms with Crippen LogP contribution in [0.1, 0.15) is 35.8 Å². The number of hydrogen-bond acceptors (Lipinski definition) is 6. The molecule has 10 heteroatoms. The number of carboxylic acids is 1. The molecular formula is C26H26N4O5S. The number of benzene rings is 2. The molecule has 0 aliphatic carbocycles. The summed E-state index contributed by atoms with van der Waals surface area (Å²) in [6, 6.07) is 16.7. The summed E-state index contributed by atoms with van der Waals surface area (Å²) in [7, 11) is -4.02. The Morgan fingerprint density at radius 2 is 1.86 bits per heavy atom. The predicted molar refractivity (Wildman–Crippen MR) is 133 cm³/mol. The normalized spacial score (nSPS) is 20.7. The number of fused-ring (bicyclic) bond motifs is 1. The van der Waals surface area contributed by atoms with Gasteiger partial charge in [-0.1, -0.05) is 49.4 Å². The summed E-state index contributed by atoms with van der Waals surface area (Å²) in [5.41, 5.74) is 3.00. The van der Waals surface area contributed by atoms with Crippen molar-refractivity contribution in [3.8, 4) is 5.75 Å². The highest BCUT2D eigenvalue weighted by Crippen LogP contribution is 2.47. The lowest BCUT2D eigenvalue weighted by molar-refractivity contribution is -0.136. The molecule has 5 rings (SSSR count). The molecule has 0 spiro atoms. The van der Waals surface area contributed by atoms with Crippen LogP contribution in [0.4, 0.5) is 0 Å². The predicted octanol–water partition coefficient (Wildman–Crippen LogP) is 3.70. The Hall–Kier alpha value is -3.76. The maximum atomic E-state index is 13.8. The third kappa shape index (κ3) is 4.12. The average Bonchev–Trinajstić information content (AvgIpc) is 3.36. The number of carbonyl (C=O) groups is 1. The highest BCUT2D eigenvalue weighted by Gasteiger charge is 2.48. The molecule has 9 nitrogen and oxygen atoms in total. The van der Waals surface area contributed by atoms with Crippen LogP contribution in [0.2, 0.25) is 0 Å². The van der Waals surface area contributed by atoms with Gasteiger partial charge in [0.1, 0.15) is 5.75 Å². The quantitative estimate of drug-likeness (QED) is 0.408. The van der Waals surface area contributed by atoms with Crippen molar-refractivity contribution in [1.29, 1.82) is 0 Å². The Morgan fingerprint density at radius 3 is 2.53 bits per heavy atom. The minimum Gasteiger partial charge on any atom is -0.506 e. The molecule has 2 aromatic carbocycles. The average molecular weight is 507 g/mol. The smallest absolute Gasteiger partial charge is 0.309 e. The summed E-state index contributed by atoms with van der Waals surface area (Å²) >= 11 is 0. The van der Waals surface area contributed by atoms with E-state index in [2.05, 4.69) is 4.98 Å². The summed E-state index contributed by atoms with van der Waals surface area (Å²) in [6.07, 6.45) is 0.881. The van der Waals surface area contributed by atoms with Gasteiger partial charge in [-0.25, -0.2) is 13.4 Å². The van der Waals surface area contributed by atoms with E-state index in [1.54, 1.807) is 0 Å². The second-order valence-corrected chi connectivity index (χ2v) is 11.1. The first-order chi connectivity index (χ1) is 17.2. The van der Waals surface area contributed by atoms with Crippen molar-refractivity contribution < 1.29 is 23.4 Å². The summed E-state index contributed by atoms with van der Waals surface area (Å²) < 4.78 is 30.8. The number of sulfonamides is 1. The topological polar surface area (TPSA) is 126 Å². The summed E-state index contributed by atoms with van der Waals surface area (Å²) in [4.78, 5) is 15.5. The minimum atomic E-state index is -4.02. The Balaban J connectivity index is 1.70. The zero-order valence-electron chi connectivity index (χ0n) is 19.8. The molecule has 0 saturated carbocycles. The van der Waals surface area contributed by atoms with Crippen molar-refractivity contribution in [3.63, 3.8) is 0 Å². The molecular weight excluding hydrogens is 480 g/mol. The third-order valence-corrected chi connectivity index (χ3v) is 8.42.